The lowest BCUT2D eigenvalue weighted by molar-refractivity contribution is -0.154. The maximum Gasteiger partial charge on any atom is 0.408 e. The summed E-state index contributed by atoms with van der Waals surface area (Å²) >= 11 is 0. The highest BCUT2D eigenvalue weighted by Gasteiger charge is 2.37. The van der Waals surface area contributed by atoms with Crippen LogP contribution in [0.3, 0.4) is 0 Å². The second-order valence-electron chi connectivity index (χ2n) is 6.18. The summed E-state index contributed by atoms with van der Waals surface area (Å²) < 4.78 is 10.2. The lowest BCUT2D eigenvalue weighted by atomic mass is 10.0. The molecule has 0 saturated carbocycles. The first-order valence-electron chi connectivity index (χ1n) is 6.99. The van der Waals surface area contributed by atoms with Gasteiger partial charge in [-0.3, -0.25) is 0 Å². The molecule has 1 unspecified atom stereocenters. The van der Waals surface area contributed by atoms with Gasteiger partial charge in [-0.05, 0) is 33.3 Å². The predicted molar refractivity (Wildman–Crippen MR) is 81.1 cm³/mol. The molecule has 0 bridgehead atoms. The number of nitrogens with one attached hydrogen (secondary N) is 1. The van der Waals surface area contributed by atoms with Gasteiger partial charge in [0.25, 0.3) is 0 Å². The number of aliphatic hydroxyl groups is 1. The molecule has 1 atom stereocenters. The number of rotatable bonds is 5. The average Bonchev–Trinajstić information content (AvgIpc) is 2.43. The zero-order valence-electron chi connectivity index (χ0n) is 13.4. The molecule has 0 radical (unpaired) electrons. The van der Waals surface area contributed by atoms with E-state index in [1.807, 2.05) is 30.3 Å². The topological polar surface area (TPSA) is 84.9 Å². The summed E-state index contributed by atoms with van der Waals surface area (Å²) in [5.41, 5.74) is -1.45. The van der Waals surface area contributed by atoms with Crippen LogP contribution in [-0.2, 0) is 20.9 Å². The Morgan fingerprint density at radius 3 is 2.23 bits per heavy atom. The van der Waals surface area contributed by atoms with Crippen molar-refractivity contribution in [3.63, 3.8) is 0 Å². The normalized spacial score (nSPS) is 13.9. The Labute approximate surface area is 130 Å². The Hall–Kier alpha value is -2.08. The number of ether oxygens (including phenoxy) is 2. The zero-order valence-corrected chi connectivity index (χ0v) is 13.4. The number of hydrogen-bond acceptors (Lipinski definition) is 5. The minimum Gasteiger partial charge on any atom is -0.459 e. The van der Waals surface area contributed by atoms with Gasteiger partial charge in [0.05, 0.1) is 6.61 Å². The average molecular weight is 309 g/mol. The summed E-state index contributed by atoms with van der Waals surface area (Å²) in [5, 5.41) is 11.8. The van der Waals surface area contributed by atoms with Crippen LogP contribution in [0.15, 0.2) is 30.3 Å². The molecule has 0 aromatic heterocycles. The van der Waals surface area contributed by atoms with E-state index >= 15 is 0 Å². The van der Waals surface area contributed by atoms with E-state index in [9.17, 15) is 14.7 Å². The molecule has 2 N–H and O–H groups in total. The van der Waals surface area contributed by atoms with Crippen LogP contribution in [0, 0.1) is 0 Å². The first kappa shape index (κ1) is 18.0. The highest BCUT2D eigenvalue weighted by atomic mass is 16.6. The Kier molecular flexibility index (Phi) is 5.93. The van der Waals surface area contributed by atoms with Crippen molar-refractivity contribution in [2.75, 3.05) is 6.61 Å². The third kappa shape index (κ3) is 5.73. The maximum absolute atomic E-state index is 12.1. The largest absolute Gasteiger partial charge is 0.459 e. The molecular formula is C16H23NO5. The van der Waals surface area contributed by atoms with Crippen LogP contribution < -0.4 is 5.32 Å². The van der Waals surface area contributed by atoms with Gasteiger partial charge in [-0.25, -0.2) is 9.59 Å². The van der Waals surface area contributed by atoms with Gasteiger partial charge in [0.15, 0.2) is 5.54 Å². The van der Waals surface area contributed by atoms with E-state index < -0.39 is 29.8 Å². The van der Waals surface area contributed by atoms with Crippen molar-refractivity contribution >= 4 is 12.1 Å². The molecule has 0 aliphatic heterocycles. The number of benzene rings is 1. The summed E-state index contributed by atoms with van der Waals surface area (Å²) in [6.07, 6.45) is -0.791. The van der Waals surface area contributed by atoms with E-state index in [-0.39, 0.29) is 6.61 Å². The number of hydrogen-bond donors (Lipinski definition) is 2. The van der Waals surface area contributed by atoms with Gasteiger partial charge in [0.1, 0.15) is 12.2 Å². The third-order valence-electron chi connectivity index (χ3n) is 2.76. The molecule has 1 aromatic carbocycles. The molecule has 0 saturated heterocycles. The SMILES string of the molecule is CC(C)(C)OC(=O)NC(C)(CO)C(=O)OCc1ccccc1. The first-order chi connectivity index (χ1) is 10.2. The van der Waals surface area contributed by atoms with Gasteiger partial charge in [0, 0.05) is 0 Å². The second kappa shape index (κ2) is 7.26. The lowest BCUT2D eigenvalue weighted by Gasteiger charge is -2.28. The number of amides is 1. The molecule has 122 valence electrons. The van der Waals surface area contributed by atoms with Crippen LogP contribution in [-0.4, -0.2) is 34.9 Å². The number of carbonyl (C=O) groups is 2. The summed E-state index contributed by atoms with van der Waals surface area (Å²) in [4.78, 5) is 23.9. The summed E-state index contributed by atoms with van der Waals surface area (Å²) in [6.45, 7) is 5.96. The van der Waals surface area contributed by atoms with Gasteiger partial charge in [-0.1, -0.05) is 30.3 Å². The summed E-state index contributed by atoms with van der Waals surface area (Å²) in [7, 11) is 0. The van der Waals surface area contributed by atoms with Crippen LogP contribution in [0.25, 0.3) is 0 Å². The van der Waals surface area contributed by atoms with Crippen molar-refractivity contribution in [2.45, 2.75) is 45.4 Å². The van der Waals surface area contributed by atoms with Gasteiger partial charge in [0.2, 0.25) is 0 Å². The quantitative estimate of drug-likeness (QED) is 0.813. The van der Waals surface area contributed by atoms with E-state index in [0.29, 0.717) is 0 Å². The Bertz CT molecular complexity index is 509. The third-order valence-corrected chi connectivity index (χ3v) is 2.76. The van der Waals surface area contributed by atoms with Crippen molar-refractivity contribution in [1.82, 2.24) is 5.32 Å². The van der Waals surface area contributed by atoms with Gasteiger partial charge in [-0.2, -0.15) is 0 Å². The summed E-state index contributed by atoms with van der Waals surface area (Å²) in [5.74, 6) is -0.732. The molecule has 0 fully saturated rings. The van der Waals surface area contributed by atoms with E-state index in [1.54, 1.807) is 20.8 Å². The van der Waals surface area contributed by atoms with Crippen molar-refractivity contribution in [1.29, 1.82) is 0 Å². The second-order valence-corrected chi connectivity index (χ2v) is 6.18. The van der Waals surface area contributed by atoms with Crippen molar-refractivity contribution in [2.24, 2.45) is 0 Å². The molecule has 0 aliphatic carbocycles. The fourth-order valence-electron chi connectivity index (χ4n) is 1.57. The Balaban J connectivity index is 2.63. The van der Waals surface area contributed by atoms with Crippen LogP contribution >= 0.6 is 0 Å². The standard InChI is InChI=1S/C16H23NO5/c1-15(2,3)22-14(20)17-16(4,11-18)13(19)21-10-12-8-6-5-7-9-12/h5-9,18H,10-11H2,1-4H3,(H,17,20). The lowest BCUT2D eigenvalue weighted by Crippen LogP contribution is -2.56. The van der Waals surface area contributed by atoms with Gasteiger partial charge in [-0.15, -0.1) is 0 Å². The maximum atomic E-state index is 12.1. The van der Waals surface area contributed by atoms with Crippen molar-refractivity contribution < 1.29 is 24.2 Å². The van der Waals surface area contributed by atoms with E-state index in [4.69, 9.17) is 9.47 Å². The molecule has 1 rings (SSSR count). The van der Waals surface area contributed by atoms with Crippen LogP contribution in [0.1, 0.15) is 33.3 Å². The minimum atomic E-state index is -1.56. The molecule has 6 nitrogen and oxygen atoms in total. The van der Waals surface area contributed by atoms with E-state index in [2.05, 4.69) is 5.32 Å². The van der Waals surface area contributed by atoms with Crippen LogP contribution in [0.5, 0.6) is 0 Å². The van der Waals surface area contributed by atoms with Gasteiger partial charge < -0.3 is 19.9 Å². The molecule has 1 amide bonds. The van der Waals surface area contributed by atoms with Crippen LogP contribution in [0.2, 0.25) is 0 Å². The molecule has 0 heterocycles. The number of alkyl carbamates (subject to hydrolysis) is 1. The summed E-state index contributed by atoms with van der Waals surface area (Å²) in [6, 6.07) is 9.13. The molecule has 6 heteroatoms. The van der Waals surface area contributed by atoms with Crippen molar-refractivity contribution in [3.05, 3.63) is 35.9 Å². The van der Waals surface area contributed by atoms with Gasteiger partial charge >= 0.3 is 12.1 Å². The van der Waals surface area contributed by atoms with E-state index in [0.717, 1.165) is 5.56 Å². The number of carbonyl (C=O) groups excluding carboxylic acids is 2. The first-order valence-corrected chi connectivity index (χ1v) is 6.99. The molecule has 1 aromatic rings. The fourth-order valence-corrected chi connectivity index (χ4v) is 1.57. The fraction of sp³-hybridized carbons (Fsp3) is 0.500. The molecular weight excluding hydrogens is 286 g/mol. The Morgan fingerprint density at radius 1 is 1.14 bits per heavy atom. The number of aliphatic hydroxyl groups excluding tert-OH is 1. The monoisotopic (exact) mass is 309 g/mol. The smallest absolute Gasteiger partial charge is 0.408 e. The zero-order chi connectivity index (χ0) is 16.8. The van der Waals surface area contributed by atoms with E-state index in [1.165, 1.54) is 6.92 Å². The highest BCUT2D eigenvalue weighted by molar-refractivity contribution is 5.85. The highest BCUT2D eigenvalue weighted by Crippen LogP contribution is 2.12. The molecule has 0 aliphatic rings. The number of esters is 1. The predicted octanol–water partition coefficient (Wildman–Crippen LogP) is 2.01. The molecule has 22 heavy (non-hydrogen) atoms. The minimum absolute atomic E-state index is 0.0608. The molecule has 0 spiro atoms. The van der Waals surface area contributed by atoms with Crippen molar-refractivity contribution in [3.8, 4) is 0 Å². The van der Waals surface area contributed by atoms with Crippen LogP contribution in [0.4, 0.5) is 4.79 Å². The Morgan fingerprint density at radius 2 is 1.73 bits per heavy atom.